The number of fused-ring (bicyclic) bond motifs is 1. The first-order chi connectivity index (χ1) is 6.59. The first-order valence-corrected chi connectivity index (χ1v) is 4.66. The van der Waals surface area contributed by atoms with Crippen molar-refractivity contribution in [3.63, 3.8) is 0 Å². The Labute approximate surface area is 81.6 Å². The van der Waals surface area contributed by atoms with Crippen LogP contribution in [0.25, 0.3) is 11.0 Å². The lowest BCUT2D eigenvalue weighted by Gasteiger charge is -2.07. The molecule has 14 heavy (non-hydrogen) atoms. The maximum Gasteiger partial charge on any atom is 0.276 e. The second-order valence-electron chi connectivity index (χ2n) is 3.76. The molecule has 74 valence electrons. The van der Waals surface area contributed by atoms with Crippen molar-refractivity contribution in [2.45, 2.75) is 26.8 Å². The van der Waals surface area contributed by atoms with Gasteiger partial charge in [0, 0.05) is 11.7 Å². The van der Waals surface area contributed by atoms with Crippen molar-refractivity contribution in [2.75, 3.05) is 0 Å². The van der Waals surface area contributed by atoms with Gasteiger partial charge in [0.05, 0.1) is 11.8 Å². The summed E-state index contributed by atoms with van der Waals surface area (Å²) in [5.74, 6) is 0. The second-order valence-corrected chi connectivity index (χ2v) is 3.76. The van der Waals surface area contributed by atoms with Crippen molar-refractivity contribution in [3.05, 3.63) is 28.4 Å². The van der Waals surface area contributed by atoms with Crippen LogP contribution in [0, 0.1) is 6.92 Å². The topological polar surface area (TPSA) is 50.7 Å². The number of hydrogen-bond donors (Lipinski definition) is 1. The van der Waals surface area contributed by atoms with Gasteiger partial charge in [-0.2, -0.15) is 0 Å². The highest BCUT2D eigenvalue weighted by molar-refractivity contribution is 5.74. The lowest BCUT2D eigenvalue weighted by Crippen LogP contribution is -2.08. The summed E-state index contributed by atoms with van der Waals surface area (Å²) in [6.07, 6.45) is 1.71. The first-order valence-electron chi connectivity index (χ1n) is 4.66. The summed E-state index contributed by atoms with van der Waals surface area (Å²) >= 11 is 0. The van der Waals surface area contributed by atoms with Crippen LogP contribution >= 0.6 is 0 Å². The highest BCUT2D eigenvalue weighted by Gasteiger charge is 2.08. The van der Waals surface area contributed by atoms with E-state index in [-0.39, 0.29) is 5.56 Å². The van der Waals surface area contributed by atoms with Gasteiger partial charge in [0.2, 0.25) is 0 Å². The zero-order valence-electron chi connectivity index (χ0n) is 8.53. The van der Waals surface area contributed by atoms with Gasteiger partial charge < -0.3 is 9.55 Å². The summed E-state index contributed by atoms with van der Waals surface area (Å²) in [4.78, 5) is 18.3. The summed E-state index contributed by atoms with van der Waals surface area (Å²) in [5, 5.41) is 0. The number of H-pyrrole nitrogens is 1. The fourth-order valence-electron chi connectivity index (χ4n) is 1.58. The van der Waals surface area contributed by atoms with Crippen LogP contribution in [0.5, 0.6) is 0 Å². The number of rotatable bonds is 1. The summed E-state index contributed by atoms with van der Waals surface area (Å²) in [7, 11) is 0. The van der Waals surface area contributed by atoms with E-state index in [1.165, 1.54) is 0 Å². The molecule has 4 heteroatoms. The van der Waals surface area contributed by atoms with E-state index in [1.807, 2.05) is 17.6 Å². The highest BCUT2D eigenvalue weighted by Crippen LogP contribution is 2.14. The number of pyridine rings is 1. The summed E-state index contributed by atoms with van der Waals surface area (Å²) in [6.45, 7) is 6.01. The maximum absolute atomic E-state index is 11.5. The van der Waals surface area contributed by atoms with Gasteiger partial charge in [0.15, 0.2) is 5.52 Å². The largest absolute Gasteiger partial charge is 0.328 e. The Morgan fingerprint density at radius 1 is 1.50 bits per heavy atom. The predicted molar refractivity (Wildman–Crippen MR) is 55.5 cm³/mol. The minimum Gasteiger partial charge on any atom is -0.328 e. The number of aromatic nitrogens is 3. The molecule has 4 nitrogen and oxygen atoms in total. The summed E-state index contributed by atoms with van der Waals surface area (Å²) in [5.41, 5.74) is 2.18. The Bertz CT molecular complexity index is 522. The van der Waals surface area contributed by atoms with Crippen molar-refractivity contribution >= 4 is 11.0 Å². The maximum atomic E-state index is 11.5. The number of aromatic amines is 1. The molecule has 0 radical (unpaired) electrons. The number of aryl methyl sites for hydroxylation is 1. The summed E-state index contributed by atoms with van der Waals surface area (Å²) in [6, 6.07) is 2.27. The van der Waals surface area contributed by atoms with E-state index in [1.54, 1.807) is 6.33 Å². The lowest BCUT2D eigenvalue weighted by atomic mass is 10.3. The van der Waals surface area contributed by atoms with Crippen LogP contribution in [0.15, 0.2) is 17.2 Å². The molecule has 0 aliphatic rings. The SMILES string of the molecule is Cc1cc2c(ncn2C(C)C)c(=O)[nH]1. The molecular formula is C10H13N3O. The van der Waals surface area contributed by atoms with Gasteiger partial charge in [-0.3, -0.25) is 4.79 Å². The van der Waals surface area contributed by atoms with Gasteiger partial charge in [0.25, 0.3) is 5.56 Å². The average Bonchev–Trinajstić information content (AvgIpc) is 2.47. The van der Waals surface area contributed by atoms with Gasteiger partial charge in [-0.05, 0) is 26.8 Å². The van der Waals surface area contributed by atoms with Gasteiger partial charge in [-0.1, -0.05) is 0 Å². The molecule has 0 aliphatic carbocycles. The molecule has 0 spiro atoms. The van der Waals surface area contributed by atoms with Crippen LogP contribution in [0.3, 0.4) is 0 Å². The van der Waals surface area contributed by atoms with E-state index in [0.29, 0.717) is 11.6 Å². The first kappa shape index (κ1) is 8.99. The Morgan fingerprint density at radius 3 is 2.86 bits per heavy atom. The molecule has 2 aromatic rings. The molecule has 0 unspecified atom stereocenters. The van der Waals surface area contributed by atoms with Crippen molar-refractivity contribution in [1.82, 2.24) is 14.5 Å². The molecular weight excluding hydrogens is 178 g/mol. The molecule has 0 amide bonds. The number of imidazole rings is 1. The van der Waals surface area contributed by atoms with Crippen LogP contribution in [0.1, 0.15) is 25.6 Å². The van der Waals surface area contributed by atoms with Crippen LogP contribution in [-0.2, 0) is 0 Å². The van der Waals surface area contributed by atoms with E-state index in [4.69, 9.17) is 0 Å². The molecule has 0 bridgehead atoms. The number of nitrogens with one attached hydrogen (secondary N) is 1. The minimum atomic E-state index is -0.112. The highest BCUT2D eigenvalue weighted by atomic mass is 16.1. The number of nitrogens with zero attached hydrogens (tertiary/aromatic N) is 2. The standard InChI is InChI=1S/C10H13N3O/c1-6(2)13-5-11-9-8(13)4-7(3)12-10(9)14/h4-6H,1-3H3,(H,12,14). The van der Waals surface area contributed by atoms with E-state index >= 15 is 0 Å². The molecule has 1 N–H and O–H groups in total. The van der Waals surface area contributed by atoms with Gasteiger partial charge in [-0.25, -0.2) is 4.98 Å². The molecule has 0 fully saturated rings. The van der Waals surface area contributed by atoms with Gasteiger partial charge in [0.1, 0.15) is 0 Å². The van der Waals surface area contributed by atoms with Crippen LogP contribution in [0.4, 0.5) is 0 Å². The summed E-state index contributed by atoms with van der Waals surface area (Å²) < 4.78 is 2.00. The Kier molecular flexibility index (Phi) is 1.91. The molecule has 2 rings (SSSR count). The third-order valence-electron chi connectivity index (χ3n) is 2.27. The normalized spacial score (nSPS) is 11.4. The van der Waals surface area contributed by atoms with Crippen LogP contribution in [0.2, 0.25) is 0 Å². The molecule has 2 aromatic heterocycles. The van der Waals surface area contributed by atoms with E-state index in [9.17, 15) is 4.79 Å². The Morgan fingerprint density at radius 2 is 2.21 bits per heavy atom. The second kappa shape index (κ2) is 2.97. The van der Waals surface area contributed by atoms with Gasteiger partial charge >= 0.3 is 0 Å². The lowest BCUT2D eigenvalue weighted by molar-refractivity contribution is 0.617. The van der Waals surface area contributed by atoms with Crippen LogP contribution < -0.4 is 5.56 Å². The fourth-order valence-corrected chi connectivity index (χ4v) is 1.58. The smallest absolute Gasteiger partial charge is 0.276 e. The number of hydrogen-bond acceptors (Lipinski definition) is 2. The molecule has 2 heterocycles. The van der Waals surface area contributed by atoms with Crippen molar-refractivity contribution in [1.29, 1.82) is 0 Å². The van der Waals surface area contributed by atoms with Crippen molar-refractivity contribution < 1.29 is 0 Å². The predicted octanol–water partition coefficient (Wildman–Crippen LogP) is 1.61. The molecule has 0 aromatic carbocycles. The monoisotopic (exact) mass is 191 g/mol. The van der Waals surface area contributed by atoms with Crippen molar-refractivity contribution in [3.8, 4) is 0 Å². The minimum absolute atomic E-state index is 0.112. The zero-order chi connectivity index (χ0) is 10.3. The Balaban J connectivity index is 2.85. The molecule has 0 aliphatic heterocycles. The zero-order valence-corrected chi connectivity index (χ0v) is 8.53. The van der Waals surface area contributed by atoms with Crippen LogP contribution in [-0.4, -0.2) is 14.5 Å². The van der Waals surface area contributed by atoms with Gasteiger partial charge in [-0.15, -0.1) is 0 Å². The van der Waals surface area contributed by atoms with Crippen molar-refractivity contribution in [2.24, 2.45) is 0 Å². The third-order valence-corrected chi connectivity index (χ3v) is 2.27. The Hall–Kier alpha value is -1.58. The quantitative estimate of drug-likeness (QED) is 0.744. The third kappa shape index (κ3) is 1.23. The van der Waals surface area contributed by atoms with E-state index in [0.717, 1.165) is 11.2 Å². The van der Waals surface area contributed by atoms with E-state index < -0.39 is 0 Å². The van der Waals surface area contributed by atoms with E-state index in [2.05, 4.69) is 23.8 Å². The molecule has 0 saturated carbocycles. The molecule has 0 atom stereocenters. The fraction of sp³-hybridized carbons (Fsp3) is 0.400. The average molecular weight is 191 g/mol. The molecule has 0 saturated heterocycles.